The lowest BCUT2D eigenvalue weighted by atomic mass is 10.2. The van der Waals surface area contributed by atoms with Gasteiger partial charge < -0.3 is 14.8 Å². The molecule has 3 nitrogen and oxygen atoms in total. The average Bonchev–Trinajstić information content (AvgIpc) is 2.58. The highest BCUT2D eigenvalue weighted by Gasteiger charge is 2.11. The molecule has 0 saturated carbocycles. The van der Waals surface area contributed by atoms with Crippen LogP contribution < -0.4 is 14.8 Å². The van der Waals surface area contributed by atoms with E-state index in [1.54, 1.807) is 0 Å². The normalized spacial score (nSPS) is 10.7. The molecule has 0 atom stereocenters. The Morgan fingerprint density at radius 2 is 1.75 bits per heavy atom. The van der Waals surface area contributed by atoms with Gasteiger partial charge in [-0.1, -0.05) is 46.6 Å². The summed E-state index contributed by atoms with van der Waals surface area (Å²) in [5, 5.41) is 4.13. The van der Waals surface area contributed by atoms with Crippen molar-refractivity contribution in [2.24, 2.45) is 0 Å². The predicted octanol–water partition coefficient (Wildman–Crippen LogP) is 5.58. The van der Waals surface area contributed by atoms with Crippen molar-refractivity contribution in [3.8, 4) is 11.5 Å². The fourth-order valence-electron chi connectivity index (χ4n) is 2.24. The van der Waals surface area contributed by atoms with Crippen LogP contribution in [0.1, 0.15) is 31.4 Å². The van der Waals surface area contributed by atoms with Crippen molar-refractivity contribution >= 4 is 27.5 Å². The second-order valence-corrected chi connectivity index (χ2v) is 6.71. The van der Waals surface area contributed by atoms with Crippen molar-refractivity contribution < 1.29 is 9.47 Å². The van der Waals surface area contributed by atoms with E-state index in [4.69, 9.17) is 21.1 Å². The molecule has 2 aromatic carbocycles. The molecular formula is C19H23BrClNO2. The first-order valence-corrected chi connectivity index (χ1v) is 9.34. The Bertz CT molecular complexity index is 647. The molecule has 0 aliphatic carbocycles. The minimum absolute atomic E-state index is 0.469. The Morgan fingerprint density at radius 1 is 1.04 bits per heavy atom. The van der Waals surface area contributed by atoms with E-state index in [0.717, 1.165) is 51.6 Å². The summed E-state index contributed by atoms with van der Waals surface area (Å²) in [6.45, 7) is 6.98. The van der Waals surface area contributed by atoms with Gasteiger partial charge in [-0.3, -0.25) is 0 Å². The van der Waals surface area contributed by atoms with Gasteiger partial charge in [0, 0.05) is 16.0 Å². The molecular weight excluding hydrogens is 390 g/mol. The van der Waals surface area contributed by atoms with E-state index in [2.05, 4.69) is 28.2 Å². The van der Waals surface area contributed by atoms with Gasteiger partial charge in [-0.05, 0) is 55.3 Å². The highest BCUT2D eigenvalue weighted by atomic mass is 79.9. The summed E-state index contributed by atoms with van der Waals surface area (Å²) in [7, 11) is 0. The van der Waals surface area contributed by atoms with Gasteiger partial charge in [0.15, 0.2) is 11.5 Å². The quantitative estimate of drug-likeness (QED) is 0.545. The maximum atomic E-state index is 5.96. The van der Waals surface area contributed by atoms with Gasteiger partial charge in [0.2, 0.25) is 0 Å². The zero-order chi connectivity index (χ0) is 17.4. The van der Waals surface area contributed by atoms with Crippen molar-refractivity contribution in [2.75, 3.05) is 13.2 Å². The molecule has 0 aromatic heterocycles. The van der Waals surface area contributed by atoms with Gasteiger partial charge in [-0.25, -0.2) is 0 Å². The number of hydrogen-bond donors (Lipinski definition) is 1. The minimum atomic E-state index is 0.469. The highest BCUT2D eigenvalue weighted by Crippen LogP contribution is 2.34. The van der Waals surface area contributed by atoms with E-state index in [1.165, 1.54) is 0 Å². The van der Waals surface area contributed by atoms with Crippen molar-refractivity contribution in [2.45, 2.75) is 33.4 Å². The van der Waals surface area contributed by atoms with Crippen LogP contribution in [0.4, 0.5) is 0 Å². The molecule has 0 spiro atoms. The molecule has 0 fully saturated rings. The Balaban J connectivity index is 2.12. The van der Waals surface area contributed by atoms with Crippen LogP contribution in [0.2, 0.25) is 5.02 Å². The molecule has 1 N–H and O–H groups in total. The highest BCUT2D eigenvalue weighted by molar-refractivity contribution is 9.10. The van der Waals surface area contributed by atoms with E-state index in [0.29, 0.717) is 13.2 Å². The lowest BCUT2D eigenvalue weighted by molar-refractivity contribution is 0.269. The van der Waals surface area contributed by atoms with Crippen molar-refractivity contribution in [3.63, 3.8) is 0 Å². The molecule has 5 heteroatoms. The molecule has 0 aliphatic rings. The second kappa shape index (κ2) is 9.92. The molecule has 24 heavy (non-hydrogen) atoms. The Morgan fingerprint density at radius 3 is 2.42 bits per heavy atom. The smallest absolute Gasteiger partial charge is 0.162 e. The summed E-state index contributed by atoms with van der Waals surface area (Å²) < 4.78 is 12.7. The first kappa shape index (κ1) is 19.1. The van der Waals surface area contributed by atoms with Crippen LogP contribution in [0.25, 0.3) is 0 Å². The number of hydrogen-bond acceptors (Lipinski definition) is 3. The molecule has 130 valence electrons. The van der Waals surface area contributed by atoms with E-state index in [1.807, 2.05) is 43.3 Å². The number of ether oxygens (including phenoxy) is 2. The first-order chi connectivity index (χ1) is 11.6. The monoisotopic (exact) mass is 411 g/mol. The maximum absolute atomic E-state index is 5.96. The van der Waals surface area contributed by atoms with Gasteiger partial charge in [-0.15, -0.1) is 0 Å². The van der Waals surface area contributed by atoms with Crippen LogP contribution in [0.3, 0.4) is 0 Å². The number of rotatable bonds is 9. The van der Waals surface area contributed by atoms with Crippen LogP contribution in [0.5, 0.6) is 11.5 Å². The van der Waals surface area contributed by atoms with Crippen LogP contribution in [0.15, 0.2) is 40.9 Å². The largest absolute Gasteiger partial charge is 0.490 e. The molecule has 2 rings (SSSR count). The first-order valence-electron chi connectivity index (χ1n) is 8.17. The Hall–Kier alpha value is -1.23. The van der Waals surface area contributed by atoms with Crippen LogP contribution in [-0.2, 0) is 13.2 Å². The topological polar surface area (TPSA) is 30.5 Å². The molecule has 0 aliphatic heterocycles. The second-order valence-electron chi connectivity index (χ2n) is 5.42. The number of benzene rings is 2. The van der Waals surface area contributed by atoms with Crippen LogP contribution >= 0.6 is 27.5 Å². The third kappa shape index (κ3) is 5.69. The summed E-state index contributed by atoms with van der Waals surface area (Å²) in [5.74, 6) is 1.50. The molecule has 2 aromatic rings. The Kier molecular flexibility index (Phi) is 7.89. The van der Waals surface area contributed by atoms with Gasteiger partial charge in [0.25, 0.3) is 0 Å². The summed E-state index contributed by atoms with van der Waals surface area (Å²) >= 11 is 9.54. The van der Waals surface area contributed by atoms with E-state index >= 15 is 0 Å². The zero-order valence-electron chi connectivity index (χ0n) is 14.1. The van der Waals surface area contributed by atoms with Crippen LogP contribution in [0, 0.1) is 0 Å². The Labute approximate surface area is 157 Å². The van der Waals surface area contributed by atoms with Gasteiger partial charge in [-0.2, -0.15) is 0 Å². The average molecular weight is 413 g/mol. The summed E-state index contributed by atoms with van der Waals surface area (Å²) in [6.07, 6.45) is 1.11. The van der Waals surface area contributed by atoms with E-state index in [9.17, 15) is 0 Å². The fraction of sp³-hybridized carbons (Fsp3) is 0.368. The minimum Gasteiger partial charge on any atom is -0.490 e. The number of nitrogens with one attached hydrogen (secondary N) is 1. The van der Waals surface area contributed by atoms with Crippen molar-refractivity contribution in [3.05, 3.63) is 57.0 Å². The lowest BCUT2D eigenvalue weighted by Gasteiger charge is -2.15. The molecule has 0 heterocycles. The number of halogens is 2. The molecule has 0 saturated heterocycles. The zero-order valence-corrected chi connectivity index (χ0v) is 16.4. The predicted molar refractivity (Wildman–Crippen MR) is 103 cm³/mol. The third-order valence-corrected chi connectivity index (χ3v) is 4.45. The lowest BCUT2D eigenvalue weighted by Crippen LogP contribution is -2.14. The summed E-state index contributed by atoms with van der Waals surface area (Å²) in [5.41, 5.74) is 2.22. The van der Waals surface area contributed by atoms with Gasteiger partial charge in [0.05, 0.1) is 6.61 Å². The maximum Gasteiger partial charge on any atom is 0.162 e. The van der Waals surface area contributed by atoms with Gasteiger partial charge in [0.1, 0.15) is 6.61 Å². The molecule has 0 unspecified atom stereocenters. The van der Waals surface area contributed by atoms with E-state index in [-0.39, 0.29) is 0 Å². The third-order valence-electron chi connectivity index (χ3n) is 3.46. The standard InChI is InChI=1S/C19H23BrClNO2/c1-3-9-22-12-15-10-18(23-4-2)19(11-17(15)20)24-13-14-5-7-16(21)8-6-14/h5-8,10-11,22H,3-4,9,12-13H2,1-2H3. The fourth-order valence-corrected chi connectivity index (χ4v) is 2.82. The van der Waals surface area contributed by atoms with E-state index < -0.39 is 0 Å². The summed E-state index contributed by atoms with van der Waals surface area (Å²) in [4.78, 5) is 0. The summed E-state index contributed by atoms with van der Waals surface area (Å²) in [6, 6.07) is 11.7. The van der Waals surface area contributed by atoms with Crippen molar-refractivity contribution in [1.29, 1.82) is 0 Å². The van der Waals surface area contributed by atoms with Gasteiger partial charge >= 0.3 is 0 Å². The van der Waals surface area contributed by atoms with Crippen molar-refractivity contribution in [1.82, 2.24) is 5.32 Å². The van der Waals surface area contributed by atoms with Crippen LogP contribution in [-0.4, -0.2) is 13.2 Å². The molecule has 0 radical (unpaired) electrons. The molecule has 0 amide bonds. The molecule has 0 bridgehead atoms. The SMILES string of the molecule is CCCNCc1cc(OCC)c(OCc2ccc(Cl)cc2)cc1Br.